The topological polar surface area (TPSA) is 32.3 Å². The molecule has 0 spiro atoms. The molecule has 0 radical (unpaired) electrons. The normalized spacial score (nSPS) is 22.8. The second-order valence-electron chi connectivity index (χ2n) is 5.47. The Balaban J connectivity index is 2.26. The van der Waals surface area contributed by atoms with Crippen LogP contribution in [0.3, 0.4) is 0 Å². The SMILES string of the molecule is CCC(C)C(O)CNC(C(C)C)C1CC1. The van der Waals surface area contributed by atoms with Gasteiger partial charge in [-0.3, -0.25) is 0 Å². The van der Waals surface area contributed by atoms with Gasteiger partial charge in [-0.25, -0.2) is 0 Å². The van der Waals surface area contributed by atoms with Gasteiger partial charge in [-0.1, -0.05) is 34.1 Å². The maximum absolute atomic E-state index is 9.89. The van der Waals surface area contributed by atoms with Gasteiger partial charge in [0.25, 0.3) is 0 Å². The third-order valence-corrected chi connectivity index (χ3v) is 3.71. The molecule has 2 heteroatoms. The Bertz CT molecular complexity index is 175. The van der Waals surface area contributed by atoms with E-state index in [1.54, 1.807) is 0 Å². The highest BCUT2D eigenvalue weighted by Crippen LogP contribution is 2.35. The zero-order valence-electron chi connectivity index (χ0n) is 10.7. The highest BCUT2D eigenvalue weighted by molar-refractivity contribution is 4.88. The van der Waals surface area contributed by atoms with Crippen molar-refractivity contribution in [1.82, 2.24) is 5.32 Å². The highest BCUT2D eigenvalue weighted by atomic mass is 16.3. The summed E-state index contributed by atoms with van der Waals surface area (Å²) in [4.78, 5) is 0. The first-order valence-corrected chi connectivity index (χ1v) is 6.47. The van der Waals surface area contributed by atoms with Gasteiger partial charge in [0.1, 0.15) is 0 Å². The zero-order chi connectivity index (χ0) is 11.4. The van der Waals surface area contributed by atoms with E-state index in [0.29, 0.717) is 17.9 Å². The van der Waals surface area contributed by atoms with Crippen molar-refractivity contribution in [2.24, 2.45) is 17.8 Å². The Morgan fingerprint density at radius 1 is 1.27 bits per heavy atom. The molecule has 0 aromatic carbocycles. The van der Waals surface area contributed by atoms with Crippen LogP contribution in [0.15, 0.2) is 0 Å². The van der Waals surface area contributed by atoms with E-state index in [1.165, 1.54) is 12.8 Å². The second-order valence-corrected chi connectivity index (χ2v) is 5.47. The fourth-order valence-electron chi connectivity index (χ4n) is 2.13. The Hall–Kier alpha value is -0.0800. The summed E-state index contributed by atoms with van der Waals surface area (Å²) >= 11 is 0. The van der Waals surface area contributed by atoms with E-state index in [4.69, 9.17) is 0 Å². The first kappa shape index (κ1) is 13.0. The average Bonchev–Trinajstić information content (AvgIpc) is 3.00. The van der Waals surface area contributed by atoms with E-state index in [2.05, 4.69) is 33.0 Å². The number of hydrogen-bond donors (Lipinski definition) is 2. The molecule has 1 aliphatic carbocycles. The lowest BCUT2D eigenvalue weighted by atomic mass is 9.97. The van der Waals surface area contributed by atoms with Gasteiger partial charge in [0, 0.05) is 12.6 Å². The van der Waals surface area contributed by atoms with Gasteiger partial charge in [-0.15, -0.1) is 0 Å². The largest absolute Gasteiger partial charge is 0.392 e. The van der Waals surface area contributed by atoms with E-state index in [0.717, 1.165) is 18.9 Å². The van der Waals surface area contributed by atoms with Gasteiger partial charge in [0.05, 0.1) is 6.10 Å². The molecule has 0 saturated heterocycles. The highest BCUT2D eigenvalue weighted by Gasteiger charge is 2.33. The number of hydrogen-bond acceptors (Lipinski definition) is 2. The van der Waals surface area contributed by atoms with E-state index in [9.17, 15) is 5.11 Å². The zero-order valence-corrected chi connectivity index (χ0v) is 10.7. The summed E-state index contributed by atoms with van der Waals surface area (Å²) < 4.78 is 0. The molecule has 1 saturated carbocycles. The van der Waals surface area contributed by atoms with Crippen molar-refractivity contribution in [3.63, 3.8) is 0 Å². The number of aliphatic hydroxyl groups excluding tert-OH is 1. The molecule has 15 heavy (non-hydrogen) atoms. The quantitative estimate of drug-likeness (QED) is 0.681. The molecular weight excluding hydrogens is 186 g/mol. The van der Waals surface area contributed by atoms with Crippen molar-refractivity contribution >= 4 is 0 Å². The van der Waals surface area contributed by atoms with Crippen molar-refractivity contribution < 1.29 is 5.11 Å². The van der Waals surface area contributed by atoms with Gasteiger partial charge in [0.2, 0.25) is 0 Å². The lowest BCUT2D eigenvalue weighted by Gasteiger charge is -2.25. The van der Waals surface area contributed by atoms with Crippen molar-refractivity contribution in [3.05, 3.63) is 0 Å². The molecule has 3 atom stereocenters. The predicted molar refractivity (Wildman–Crippen MR) is 64.8 cm³/mol. The number of nitrogens with one attached hydrogen (secondary N) is 1. The summed E-state index contributed by atoms with van der Waals surface area (Å²) in [6, 6.07) is 0.615. The van der Waals surface area contributed by atoms with Crippen molar-refractivity contribution in [3.8, 4) is 0 Å². The minimum atomic E-state index is -0.185. The molecule has 3 unspecified atom stereocenters. The van der Waals surface area contributed by atoms with E-state index in [-0.39, 0.29) is 6.10 Å². The molecule has 0 aromatic rings. The van der Waals surface area contributed by atoms with Crippen molar-refractivity contribution in [2.45, 2.75) is 59.1 Å². The van der Waals surface area contributed by atoms with Crippen LogP contribution in [0, 0.1) is 17.8 Å². The fourth-order valence-corrected chi connectivity index (χ4v) is 2.13. The molecule has 0 aliphatic heterocycles. The van der Waals surface area contributed by atoms with Crippen LogP contribution in [0.2, 0.25) is 0 Å². The summed E-state index contributed by atoms with van der Waals surface area (Å²) in [5.74, 6) is 1.96. The first-order chi connectivity index (χ1) is 7.06. The minimum Gasteiger partial charge on any atom is -0.392 e. The Morgan fingerprint density at radius 2 is 1.87 bits per heavy atom. The van der Waals surface area contributed by atoms with E-state index >= 15 is 0 Å². The predicted octanol–water partition coefficient (Wildman–Crippen LogP) is 2.42. The summed E-state index contributed by atoms with van der Waals surface area (Å²) in [5, 5.41) is 13.4. The Morgan fingerprint density at radius 3 is 2.27 bits per heavy atom. The van der Waals surface area contributed by atoms with Gasteiger partial charge < -0.3 is 10.4 Å². The Kier molecular flexibility index (Phi) is 5.07. The standard InChI is InChI=1S/C13H27NO/c1-5-10(4)12(15)8-14-13(9(2)3)11-6-7-11/h9-15H,5-8H2,1-4H3. The van der Waals surface area contributed by atoms with Crippen LogP contribution < -0.4 is 5.32 Å². The van der Waals surface area contributed by atoms with Crippen LogP contribution in [0.5, 0.6) is 0 Å². The summed E-state index contributed by atoms with van der Waals surface area (Å²) in [6.45, 7) is 9.55. The van der Waals surface area contributed by atoms with E-state index < -0.39 is 0 Å². The van der Waals surface area contributed by atoms with Gasteiger partial charge in [-0.05, 0) is 30.6 Å². The molecule has 0 aromatic heterocycles. The molecule has 1 rings (SSSR count). The van der Waals surface area contributed by atoms with E-state index in [1.807, 2.05) is 0 Å². The van der Waals surface area contributed by atoms with Crippen LogP contribution in [0.4, 0.5) is 0 Å². The monoisotopic (exact) mass is 213 g/mol. The lowest BCUT2D eigenvalue weighted by molar-refractivity contribution is 0.106. The molecule has 0 heterocycles. The van der Waals surface area contributed by atoms with Crippen molar-refractivity contribution in [1.29, 1.82) is 0 Å². The van der Waals surface area contributed by atoms with Crippen LogP contribution in [0.25, 0.3) is 0 Å². The maximum atomic E-state index is 9.89. The second kappa shape index (κ2) is 5.86. The maximum Gasteiger partial charge on any atom is 0.0690 e. The Labute approximate surface area is 94.5 Å². The summed E-state index contributed by atoms with van der Waals surface area (Å²) in [6.07, 6.45) is 3.61. The third kappa shape index (κ3) is 4.12. The molecule has 0 bridgehead atoms. The fraction of sp³-hybridized carbons (Fsp3) is 1.00. The molecule has 2 N–H and O–H groups in total. The van der Waals surface area contributed by atoms with Crippen LogP contribution in [-0.2, 0) is 0 Å². The molecule has 1 aliphatic rings. The first-order valence-electron chi connectivity index (χ1n) is 6.47. The number of rotatable bonds is 7. The molecule has 0 amide bonds. The minimum absolute atomic E-state index is 0.185. The van der Waals surface area contributed by atoms with Crippen LogP contribution in [-0.4, -0.2) is 23.8 Å². The summed E-state index contributed by atoms with van der Waals surface area (Å²) in [7, 11) is 0. The van der Waals surface area contributed by atoms with Gasteiger partial charge in [-0.2, -0.15) is 0 Å². The molecule has 90 valence electrons. The lowest BCUT2D eigenvalue weighted by Crippen LogP contribution is -2.42. The molecule has 2 nitrogen and oxygen atoms in total. The van der Waals surface area contributed by atoms with Gasteiger partial charge in [0.15, 0.2) is 0 Å². The smallest absolute Gasteiger partial charge is 0.0690 e. The summed E-state index contributed by atoms with van der Waals surface area (Å²) in [5.41, 5.74) is 0. The van der Waals surface area contributed by atoms with Crippen LogP contribution >= 0.6 is 0 Å². The van der Waals surface area contributed by atoms with Gasteiger partial charge >= 0.3 is 0 Å². The molecule has 1 fully saturated rings. The molecular formula is C13H27NO. The average molecular weight is 213 g/mol. The van der Waals surface area contributed by atoms with Crippen molar-refractivity contribution in [2.75, 3.05) is 6.54 Å². The third-order valence-electron chi connectivity index (χ3n) is 3.71. The number of aliphatic hydroxyl groups is 1. The van der Waals surface area contributed by atoms with Crippen LogP contribution in [0.1, 0.15) is 47.0 Å².